The highest BCUT2D eigenvalue weighted by Crippen LogP contribution is 2.37. The van der Waals surface area contributed by atoms with Gasteiger partial charge in [-0.25, -0.2) is 4.79 Å². The number of anilines is 1. The molecule has 0 spiro atoms. The fraction of sp³-hybridized carbons (Fsp3) is 0.524. The lowest BCUT2D eigenvalue weighted by Crippen LogP contribution is -2.52. The quantitative estimate of drug-likeness (QED) is 0.514. The number of rotatable bonds is 7. The molecule has 1 atom stereocenters. The molecule has 2 aliphatic rings. The summed E-state index contributed by atoms with van der Waals surface area (Å²) in [5.74, 6) is -0.675. The van der Waals surface area contributed by atoms with E-state index in [1.165, 1.54) is 0 Å². The van der Waals surface area contributed by atoms with E-state index >= 15 is 0 Å². The fourth-order valence-corrected chi connectivity index (χ4v) is 3.70. The molecule has 1 amide bonds. The first-order valence-electron chi connectivity index (χ1n) is 10.0. The van der Waals surface area contributed by atoms with Crippen molar-refractivity contribution in [1.29, 1.82) is 0 Å². The number of hydrogen-bond acceptors (Lipinski definition) is 7. The third kappa shape index (κ3) is 5.03. The van der Waals surface area contributed by atoms with Crippen LogP contribution in [0.25, 0.3) is 5.70 Å². The predicted octanol–water partition coefficient (Wildman–Crippen LogP) is 0.861. The van der Waals surface area contributed by atoms with Crippen molar-refractivity contribution in [3.63, 3.8) is 0 Å². The van der Waals surface area contributed by atoms with Gasteiger partial charge >= 0.3 is 5.97 Å². The molecule has 1 unspecified atom stereocenters. The number of aliphatic carboxylic acids is 1. The molecule has 1 fully saturated rings. The number of morpholine rings is 1. The average Bonchev–Trinajstić information content (AvgIpc) is 2.66. The van der Waals surface area contributed by atoms with E-state index in [1.807, 2.05) is 26.0 Å². The molecule has 30 heavy (non-hydrogen) atoms. The number of hydrogen-bond donors (Lipinski definition) is 4. The Bertz CT molecular complexity index is 846. The Morgan fingerprint density at radius 2 is 2.07 bits per heavy atom. The van der Waals surface area contributed by atoms with E-state index in [2.05, 4.69) is 15.5 Å². The first-order valence-corrected chi connectivity index (χ1v) is 10.0. The van der Waals surface area contributed by atoms with Crippen molar-refractivity contribution in [3.05, 3.63) is 29.3 Å². The molecular weight excluding hydrogens is 388 g/mol. The highest BCUT2D eigenvalue weighted by Gasteiger charge is 2.30. The van der Waals surface area contributed by atoms with Crippen LogP contribution in [0.5, 0.6) is 5.75 Å². The molecule has 0 radical (unpaired) electrons. The summed E-state index contributed by atoms with van der Waals surface area (Å²) in [5, 5.41) is 15.7. The van der Waals surface area contributed by atoms with Gasteiger partial charge in [-0.3, -0.25) is 9.69 Å². The molecule has 2 heterocycles. The number of carboxylic acid groups (broad SMARTS) is 1. The largest absolute Gasteiger partial charge is 0.490 e. The molecule has 9 heteroatoms. The van der Waals surface area contributed by atoms with Gasteiger partial charge in [0.2, 0.25) is 5.91 Å². The first kappa shape index (κ1) is 21.9. The van der Waals surface area contributed by atoms with Gasteiger partial charge in [0.05, 0.1) is 48.2 Å². The van der Waals surface area contributed by atoms with Crippen LogP contribution in [-0.4, -0.2) is 72.9 Å². The van der Waals surface area contributed by atoms with Crippen molar-refractivity contribution in [2.75, 3.05) is 44.8 Å². The Kier molecular flexibility index (Phi) is 6.52. The van der Waals surface area contributed by atoms with Gasteiger partial charge in [0.15, 0.2) is 0 Å². The molecule has 0 aliphatic carbocycles. The summed E-state index contributed by atoms with van der Waals surface area (Å²) in [6.07, 6.45) is 0. The number of nitrogens with two attached hydrogens (primary N) is 1. The molecule has 0 aromatic heterocycles. The highest BCUT2D eigenvalue weighted by molar-refractivity contribution is 6.02. The summed E-state index contributed by atoms with van der Waals surface area (Å²) >= 11 is 0. The van der Waals surface area contributed by atoms with E-state index in [9.17, 15) is 14.7 Å². The SMILES string of the molecule is CC1Nc2cccc(OCC(C)(C)NC(=O)CN3CCOCC3)c2C(N)=C1C(=O)O. The molecule has 0 saturated carbocycles. The van der Waals surface area contributed by atoms with Gasteiger partial charge in [-0.05, 0) is 32.9 Å². The van der Waals surface area contributed by atoms with Crippen LogP contribution in [0.3, 0.4) is 0 Å². The van der Waals surface area contributed by atoms with Crippen molar-refractivity contribution in [2.24, 2.45) is 5.73 Å². The fourth-order valence-electron chi connectivity index (χ4n) is 3.70. The third-order valence-corrected chi connectivity index (χ3v) is 5.16. The minimum Gasteiger partial charge on any atom is -0.490 e. The maximum atomic E-state index is 12.4. The highest BCUT2D eigenvalue weighted by atomic mass is 16.5. The van der Waals surface area contributed by atoms with E-state index < -0.39 is 17.6 Å². The second kappa shape index (κ2) is 8.93. The number of carboxylic acids is 1. The number of nitrogens with zero attached hydrogens (tertiary/aromatic N) is 1. The van der Waals surface area contributed by atoms with Crippen LogP contribution < -0.4 is 21.1 Å². The standard InChI is InChI=1S/C21H30N4O5/c1-13-17(20(27)28)19(22)18-14(23-13)5-4-6-15(18)30-12-21(2,3)24-16(26)11-25-7-9-29-10-8-25/h4-6,13,23H,7-12,22H2,1-3H3,(H,24,26)(H,27,28). The van der Waals surface area contributed by atoms with Gasteiger partial charge in [0.25, 0.3) is 0 Å². The van der Waals surface area contributed by atoms with Crippen LogP contribution in [0, 0.1) is 0 Å². The van der Waals surface area contributed by atoms with Gasteiger partial charge in [-0.2, -0.15) is 0 Å². The van der Waals surface area contributed by atoms with Gasteiger partial charge in [0, 0.05) is 18.8 Å². The van der Waals surface area contributed by atoms with Crippen molar-refractivity contribution >= 4 is 23.3 Å². The monoisotopic (exact) mass is 418 g/mol. The Morgan fingerprint density at radius 1 is 1.37 bits per heavy atom. The lowest BCUT2D eigenvalue weighted by Gasteiger charge is -2.31. The van der Waals surface area contributed by atoms with Gasteiger partial charge in [0.1, 0.15) is 12.4 Å². The van der Waals surface area contributed by atoms with Crippen molar-refractivity contribution in [3.8, 4) is 5.75 Å². The molecular formula is C21H30N4O5. The number of amides is 1. The topological polar surface area (TPSA) is 126 Å². The van der Waals surface area contributed by atoms with Crippen LogP contribution in [0.4, 0.5) is 5.69 Å². The second-order valence-corrected chi connectivity index (χ2v) is 8.29. The second-order valence-electron chi connectivity index (χ2n) is 8.29. The zero-order valence-electron chi connectivity index (χ0n) is 17.7. The summed E-state index contributed by atoms with van der Waals surface area (Å²) < 4.78 is 11.3. The molecule has 9 nitrogen and oxygen atoms in total. The predicted molar refractivity (Wildman–Crippen MR) is 113 cm³/mol. The molecule has 5 N–H and O–H groups in total. The van der Waals surface area contributed by atoms with E-state index in [-0.39, 0.29) is 23.8 Å². The minimum atomic E-state index is -1.07. The number of carbonyl (C=O) groups excluding carboxylic acids is 1. The number of benzene rings is 1. The Morgan fingerprint density at radius 3 is 2.73 bits per heavy atom. The number of nitrogens with one attached hydrogen (secondary N) is 2. The molecule has 0 bridgehead atoms. The number of ether oxygens (including phenoxy) is 2. The third-order valence-electron chi connectivity index (χ3n) is 5.16. The molecule has 1 aromatic carbocycles. The summed E-state index contributed by atoms with van der Waals surface area (Å²) in [6, 6.07) is 4.98. The summed E-state index contributed by atoms with van der Waals surface area (Å²) in [4.78, 5) is 26.1. The van der Waals surface area contributed by atoms with E-state index in [1.54, 1.807) is 13.0 Å². The molecule has 3 rings (SSSR count). The lowest BCUT2D eigenvalue weighted by atomic mass is 9.94. The smallest absolute Gasteiger partial charge is 0.335 e. The maximum Gasteiger partial charge on any atom is 0.335 e. The zero-order valence-corrected chi connectivity index (χ0v) is 17.7. The average molecular weight is 418 g/mol. The van der Waals surface area contributed by atoms with Crippen molar-refractivity contribution < 1.29 is 24.2 Å². The summed E-state index contributed by atoms with van der Waals surface area (Å²) in [5.41, 5.74) is 7.12. The van der Waals surface area contributed by atoms with Crippen LogP contribution in [0.1, 0.15) is 26.3 Å². The molecule has 1 saturated heterocycles. The van der Waals surface area contributed by atoms with Crippen LogP contribution in [0.15, 0.2) is 23.8 Å². The summed E-state index contributed by atoms with van der Waals surface area (Å²) in [7, 11) is 0. The number of fused-ring (bicyclic) bond motifs is 1. The van der Waals surface area contributed by atoms with Crippen molar-refractivity contribution in [2.45, 2.75) is 32.4 Å². The van der Waals surface area contributed by atoms with E-state index in [0.29, 0.717) is 31.1 Å². The lowest BCUT2D eigenvalue weighted by molar-refractivity contribution is -0.132. The van der Waals surface area contributed by atoms with Gasteiger partial charge < -0.3 is 30.9 Å². The Balaban J connectivity index is 1.68. The van der Waals surface area contributed by atoms with Gasteiger partial charge in [-0.1, -0.05) is 6.07 Å². The first-order chi connectivity index (χ1) is 14.2. The molecule has 2 aliphatic heterocycles. The van der Waals surface area contributed by atoms with Gasteiger partial charge in [-0.15, -0.1) is 0 Å². The Hall–Kier alpha value is -2.78. The molecule has 1 aromatic rings. The van der Waals surface area contributed by atoms with E-state index in [4.69, 9.17) is 15.2 Å². The minimum absolute atomic E-state index is 0.0799. The van der Waals surface area contributed by atoms with Crippen molar-refractivity contribution in [1.82, 2.24) is 10.2 Å². The van der Waals surface area contributed by atoms with Crippen LogP contribution >= 0.6 is 0 Å². The maximum absolute atomic E-state index is 12.4. The number of carbonyl (C=O) groups is 2. The Labute approximate surface area is 176 Å². The zero-order chi connectivity index (χ0) is 21.9. The normalized spacial score (nSPS) is 19.6. The summed E-state index contributed by atoms with van der Waals surface area (Å²) in [6.45, 7) is 8.77. The van der Waals surface area contributed by atoms with E-state index in [0.717, 1.165) is 18.8 Å². The van der Waals surface area contributed by atoms with Crippen LogP contribution in [-0.2, 0) is 14.3 Å². The molecule has 164 valence electrons. The van der Waals surface area contributed by atoms with Crippen LogP contribution in [0.2, 0.25) is 0 Å².